The lowest BCUT2D eigenvalue weighted by Crippen LogP contribution is -2.53. The van der Waals surface area contributed by atoms with Crippen molar-refractivity contribution in [2.24, 2.45) is 5.73 Å². The van der Waals surface area contributed by atoms with Gasteiger partial charge in [-0.2, -0.15) is 0 Å². The molecule has 0 aromatic heterocycles. The normalized spacial score (nSPS) is 12.3. The van der Waals surface area contributed by atoms with E-state index in [1.165, 1.54) is 0 Å². The predicted molar refractivity (Wildman–Crippen MR) is 129 cm³/mol. The molecule has 4 N–H and O–H groups in total. The summed E-state index contributed by atoms with van der Waals surface area (Å²) >= 11 is 0. The van der Waals surface area contributed by atoms with Gasteiger partial charge in [0.1, 0.15) is 19.2 Å². The van der Waals surface area contributed by atoms with Crippen LogP contribution in [0.25, 0.3) is 0 Å². The van der Waals surface area contributed by atoms with Crippen LogP contribution in [-0.4, -0.2) is 36.4 Å². The second-order valence-corrected chi connectivity index (χ2v) is 7.91. The zero-order chi connectivity index (χ0) is 24.2. The molecular formula is C27H29N3O4. The maximum atomic E-state index is 12.9. The van der Waals surface area contributed by atoms with Gasteiger partial charge in [-0.05, 0) is 23.1 Å². The van der Waals surface area contributed by atoms with E-state index in [0.29, 0.717) is 6.42 Å². The zero-order valence-electron chi connectivity index (χ0n) is 18.9. The minimum atomic E-state index is -0.890. The lowest BCUT2D eigenvalue weighted by Gasteiger charge is -2.21. The van der Waals surface area contributed by atoms with Crippen molar-refractivity contribution in [2.45, 2.75) is 31.5 Å². The largest absolute Gasteiger partial charge is 0.460 e. The van der Waals surface area contributed by atoms with Crippen molar-refractivity contribution in [3.8, 4) is 0 Å². The number of rotatable bonds is 11. The third kappa shape index (κ3) is 8.18. The van der Waals surface area contributed by atoms with Gasteiger partial charge in [-0.1, -0.05) is 91.0 Å². The molecular weight excluding hydrogens is 430 g/mol. The van der Waals surface area contributed by atoms with Gasteiger partial charge >= 0.3 is 5.97 Å². The number of esters is 1. The maximum Gasteiger partial charge on any atom is 0.325 e. The molecule has 0 aliphatic rings. The monoisotopic (exact) mass is 459 g/mol. The van der Waals surface area contributed by atoms with Gasteiger partial charge in [0.25, 0.3) is 0 Å². The Morgan fingerprint density at radius 2 is 1.21 bits per heavy atom. The summed E-state index contributed by atoms with van der Waals surface area (Å²) < 4.78 is 5.20. The quantitative estimate of drug-likeness (QED) is 0.381. The highest BCUT2D eigenvalue weighted by Crippen LogP contribution is 2.06. The maximum absolute atomic E-state index is 12.9. The molecule has 7 nitrogen and oxygen atoms in total. The Balaban J connectivity index is 1.57. The third-order valence-corrected chi connectivity index (χ3v) is 5.20. The van der Waals surface area contributed by atoms with Crippen molar-refractivity contribution in [3.05, 3.63) is 108 Å². The lowest BCUT2D eigenvalue weighted by molar-refractivity contribution is -0.145. The van der Waals surface area contributed by atoms with Gasteiger partial charge in [0.05, 0.1) is 6.04 Å². The van der Waals surface area contributed by atoms with E-state index in [-0.39, 0.29) is 19.6 Å². The van der Waals surface area contributed by atoms with Gasteiger partial charge in [-0.15, -0.1) is 0 Å². The highest BCUT2D eigenvalue weighted by Gasteiger charge is 2.25. The Bertz CT molecular complexity index is 1060. The Hall–Kier alpha value is -3.97. The van der Waals surface area contributed by atoms with E-state index in [0.717, 1.165) is 16.7 Å². The van der Waals surface area contributed by atoms with Crippen molar-refractivity contribution >= 4 is 17.8 Å². The summed E-state index contributed by atoms with van der Waals surface area (Å²) in [7, 11) is 0. The van der Waals surface area contributed by atoms with Crippen LogP contribution in [0.2, 0.25) is 0 Å². The van der Waals surface area contributed by atoms with Crippen molar-refractivity contribution in [1.29, 1.82) is 0 Å². The summed E-state index contributed by atoms with van der Waals surface area (Å²) in [4.78, 5) is 37.7. The van der Waals surface area contributed by atoms with E-state index in [9.17, 15) is 14.4 Å². The molecule has 0 saturated carbocycles. The van der Waals surface area contributed by atoms with E-state index < -0.39 is 29.9 Å². The number of benzene rings is 3. The van der Waals surface area contributed by atoms with Gasteiger partial charge in [0.15, 0.2) is 0 Å². The fourth-order valence-electron chi connectivity index (χ4n) is 3.37. The summed E-state index contributed by atoms with van der Waals surface area (Å²) in [6.45, 7) is -0.184. The van der Waals surface area contributed by atoms with Gasteiger partial charge in [0.2, 0.25) is 11.8 Å². The van der Waals surface area contributed by atoms with Crippen LogP contribution in [0.15, 0.2) is 91.0 Å². The Labute approximate surface area is 199 Å². The zero-order valence-corrected chi connectivity index (χ0v) is 18.9. The average molecular weight is 460 g/mol. The first-order valence-electron chi connectivity index (χ1n) is 11.1. The van der Waals surface area contributed by atoms with Crippen LogP contribution >= 0.6 is 0 Å². The van der Waals surface area contributed by atoms with Crippen molar-refractivity contribution in [1.82, 2.24) is 10.6 Å². The molecule has 0 spiro atoms. The van der Waals surface area contributed by atoms with Crippen LogP contribution < -0.4 is 16.4 Å². The molecule has 0 saturated heterocycles. The number of ether oxygens (including phenoxy) is 1. The van der Waals surface area contributed by atoms with E-state index in [2.05, 4.69) is 10.6 Å². The first-order valence-corrected chi connectivity index (χ1v) is 11.1. The van der Waals surface area contributed by atoms with Gasteiger partial charge in [-0.25, -0.2) is 0 Å². The molecule has 0 fully saturated rings. The molecule has 0 unspecified atom stereocenters. The van der Waals surface area contributed by atoms with Gasteiger partial charge in [-0.3, -0.25) is 14.4 Å². The Kier molecular flexibility index (Phi) is 9.37. The molecule has 3 aromatic carbocycles. The minimum absolute atomic E-state index is 0.119. The van der Waals surface area contributed by atoms with Crippen molar-refractivity contribution in [2.75, 3.05) is 6.54 Å². The number of nitrogens with two attached hydrogens (primary N) is 1. The van der Waals surface area contributed by atoms with Crippen LogP contribution in [0.5, 0.6) is 0 Å². The number of carbonyl (C=O) groups is 3. The molecule has 0 heterocycles. The molecule has 0 aliphatic heterocycles. The van der Waals surface area contributed by atoms with Crippen LogP contribution in [0.3, 0.4) is 0 Å². The highest BCUT2D eigenvalue weighted by molar-refractivity contribution is 5.91. The molecule has 7 heteroatoms. The fraction of sp³-hybridized carbons (Fsp3) is 0.222. The minimum Gasteiger partial charge on any atom is -0.460 e. The van der Waals surface area contributed by atoms with E-state index in [1.807, 2.05) is 91.0 Å². The summed E-state index contributed by atoms with van der Waals surface area (Å²) in [6.07, 6.45) is 0.605. The number of nitrogens with one attached hydrogen (secondary N) is 2. The third-order valence-electron chi connectivity index (χ3n) is 5.20. The summed E-state index contributed by atoms with van der Waals surface area (Å²) in [5.41, 5.74) is 8.73. The van der Waals surface area contributed by atoms with E-state index >= 15 is 0 Å². The molecule has 34 heavy (non-hydrogen) atoms. The Morgan fingerprint density at radius 3 is 1.76 bits per heavy atom. The molecule has 0 bridgehead atoms. The standard InChI is InChI=1S/C27H29N3O4/c28-23(16-20-10-4-1-5-11-20)26(32)30-24(17-21-12-6-2-7-13-21)27(33)29-18-25(31)34-19-22-14-8-3-9-15-22/h1-15,23-24H,16-19,28H2,(H,29,33)(H,30,32)/t23-,24+/m1/s1. The van der Waals surface area contributed by atoms with Crippen molar-refractivity contribution in [3.63, 3.8) is 0 Å². The first-order chi connectivity index (χ1) is 16.5. The van der Waals surface area contributed by atoms with Crippen LogP contribution in [0, 0.1) is 0 Å². The van der Waals surface area contributed by atoms with E-state index in [4.69, 9.17) is 10.5 Å². The van der Waals surface area contributed by atoms with Crippen LogP contribution in [0.4, 0.5) is 0 Å². The topological polar surface area (TPSA) is 111 Å². The van der Waals surface area contributed by atoms with Crippen molar-refractivity contribution < 1.29 is 19.1 Å². The number of amides is 2. The molecule has 2 atom stereocenters. The summed E-state index contributed by atoms with van der Waals surface area (Å²) in [5.74, 6) is -1.49. The van der Waals surface area contributed by atoms with Crippen LogP contribution in [0.1, 0.15) is 16.7 Å². The smallest absolute Gasteiger partial charge is 0.325 e. The summed E-state index contributed by atoms with van der Waals surface area (Å²) in [6, 6.07) is 26.3. The highest BCUT2D eigenvalue weighted by atomic mass is 16.5. The number of hydrogen-bond acceptors (Lipinski definition) is 5. The Morgan fingerprint density at radius 1 is 0.706 bits per heavy atom. The molecule has 3 rings (SSSR count). The average Bonchev–Trinajstić information content (AvgIpc) is 2.87. The van der Waals surface area contributed by atoms with Crippen LogP contribution in [-0.2, 0) is 38.6 Å². The second kappa shape index (κ2) is 12.9. The molecule has 0 aliphatic carbocycles. The molecule has 0 radical (unpaired) electrons. The van der Waals surface area contributed by atoms with Gasteiger partial charge in [0, 0.05) is 6.42 Å². The second-order valence-electron chi connectivity index (χ2n) is 7.91. The molecule has 176 valence electrons. The first kappa shape index (κ1) is 24.7. The van der Waals surface area contributed by atoms with E-state index in [1.54, 1.807) is 0 Å². The van der Waals surface area contributed by atoms with Gasteiger partial charge < -0.3 is 21.1 Å². The fourth-order valence-corrected chi connectivity index (χ4v) is 3.37. The predicted octanol–water partition coefficient (Wildman–Crippen LogP) is 2.14. The molecule has 3 aromatic rings. The number of carbonyl (C=O) groups excluding carboxylic acids is 3. The molecule has 2 amide bonds. The lowest BCUT2D eigenvalue weighted by atomic mass is 10.0. The SMILES string of the molecule is N[C@H](Cc1ccccc1)C(=O)N[C@@H](Cc1ccccc1)C(=O)NCC(=O)OCc1ccccc1. The number of hydrogen-bond donors (Lipinski definition) is 3. The summed E-state index contributed by atoms with van der Waals surface area (Å²) in [5, 5.41) is 5.30.